The molecule has 0 amide bonds. The van der Waals surface area contributed by atoms with Crippen molar-refractivity contribution in [2.24, 2.45) is 5.92 Å². The lowest BCUT2D eigenvalue weighted by Gasteiger charge is -2.34. The number of benzene rings is 1. The maximum absolute atomic E-state index is 3.25. The van der Waals surface area contributed by atoms with E-state index in [0.717, 1.165) is 31.5 Å². The van der Waals surface area contributed by atoms with E-state index in [4.69, 9.17) is 0 Å². The van der Waals surface area contributed by atoms with E-state index in [9.17, 15) is 0 Å². The first-order valence-corrected chi connectivity index (χ1v) is 8.12. The molecule has 1 saturated carbocycles. The van der Waals surface area contributed by atoms with Crippen LogP contribution in [-0.4, -0.2) is 31.6 Å². The molecular weight excluding hydrogens is 244 g/mol. The van der Waals surface area contributed by atoms with E-state index < -0.39 is 0 Å². The van der Waals surface area contributed by atoms with Gasteiger partial charge in [-0.05, 0) is 56.9 Å². The van der Waals surface area contributed by atoms with Crippen molar-refractivity contribution in [1.29, 1.82) is 0 Å². The normalized spacial score (nSPS) is 23.2. The molecule has 0 aromatic heterocycles. The van der Waals surface area contributed by atoms with Crippen LogP contribution in [0, 0.1) is 5.92 Å². The zero-order chi connectivity index (χ0) is 14.4. The smallest absolute Gasteiger partial charge is 0.0236 e. The predicted molar refractivity (Wildman–Crippen MR) is 87.0 cm³/mol. The van der Waals surface area contributed by atoms with Crippen LogP contribution in [0.4, 0.5) is 0 Å². The lowest BCUT2D eigenvalue weighted by Crippen LogP contribution is -2.35. The van der Waals surface area contributed by atoms with Gasteiger partial charge in [0.15, 0.2) is 0 Å². The van der Waals surface area contributed by atoms with Crippen LogP contribution in [0.1, 0.15) is 43.7 Å². The predicted octanol–water partition coefficient (Wildman–Crippen LogP) is 3.46. The maximum Gasteiger partial charge on any atom is 0.0236 e. The third kappa shape index (κ3) is 4.32. The minimum absolute atomic E-state index is 0.774. The van der Waals surface area contributed by atoms with Crippen molar-refractivity contribution in [1.82, 2.24) is 10.2 Å². The maximum atomic E-state index is 3.25. The quantitative estimate of drug-likeness (QED) is 0.854. The van der Waals surface area contributed by atoms with E-state index in [-0.39, 0.29) is 0 Å². The average molecular weight is 274 g/mol. The number of nitrogens with one attached hydrogen (secondary N) is 1. The first-order valence-electron chi connectivity index (χ1n) is 8.12. The summed E-state index contributed by atoms with van der Waals surface area (Å²) in [7, 11) is 4.33. The monoisotopic (exact) mass is 274 g/mol. The van der Waals surface area contributed by atoms with Crippen LogP contribution in [0.2, 0.25) is 0 Å². The van der Waals surface area contributed by atoms with Gasteiger partial charge < -0.3 is 5.32 Å². The molecule has 2 atom stereocenters. The molecule has 1 aromatic carbocycles. The van der Waals surface area contributed by atoms with E-state index >= 15 is 0 Å². The van der Waals surface area contributed by atoms with E-state index in [0.29, 0.717) is 0 Å². The Bertz CT molecular complexity index is 402. The standard InChI is InChI=1S/C18H30N2/c1-15-7-6-10-18(13-15)20(3)14-17-9-5-4-8-16(17)11-12-19-2/h4-5,8-9,15,18-19H,6-7,10-14H2,1-3H3. The molecule has 1 aromatic rings. The van der Waals surface area contributed by atoms with Crippen molar-refractivity contribution in [2.75, 3.05) is 20.6 Å². The molecule has 0 aliphatic heterocycles. The third-order valence-electron chi connectivity index (χ3n) is 4.71. The van der Waals surface area contributed by atoms with Gasteiger partial charge in [0.25, 0.3) is 0 Å². The molecule has 0 spiro atoms. The average Bonchev–Trinajstić information content (AvgIpc) is 2.46. The second-order valence-electron chi connectivity index (χ2n) is 6.46. The van der Waals surface area contributed by atoms with Crippen molar-refractivity contribution in [3.8, 4) is 0 Å². The van der Waals surface area contributed by atoms with Crippen molar-refractivity contribution < 1.29 is 0 Å². The minimum atomic E-state index is 0.774. The molecule has 1 aliphatic carbocycles. The van der Waals surface area contributed by atoms with Crippen molar-refractivity contribution in [2.45, 2.75) is 51.6 Å². The minimum Gasteiger partial charge on any atom is -0.319 e. The van der Waals surface area contributed by atoms with Crippen LogP contribution in [0.5, 0.6) is 0 Å². The Balaban J connectivity index is 1.97. The number of hydrogen-bond acceptors (Lipinski definition) is 2. The van der Waals surface area contributed by atoms with Gasteiger partial charge in [0, 0.05) is 12.6 Å². The molecule has 2 nitrogen and oxygen atoms in total. The van der Waals surface area contributed by atoms with Gasteiger partial charge >= 0.3 is 0 Å². The fourth-order valence-electron chi connectivity index (χ4n) is 3.42. The highest BCUT2D eigenvalue weighted by molar-refractivity contribution is 5.27. The zero-order valence-electron chi connectivity index (χ0n) is 13.4. The van der Waals surface area contributed by atoms with Crippen molar-refractivity contribution in [3.63, 3.8) is 0 Å². The Morgan fingerprint density at radius 3 is 2.65 bits per heavy atom. The summed E-state index contributed by atoms with van der Waals surface area (Å²) < 4.78 is 0. The van der Waals surface area contributed by atoms with Gasteiger partial charge in [-0.1, -0.05) is 44.0 Å². The van der Waals surface area contributed by atoms with Crippen LogP contribution < -0.4 is 5.32 Å². The second kappa shape index (κ2) is 7.80. The highest BCUT2D eigenvalue weighted by atomic mass is 15.1. The highest BCUT2D eigenvalue weighted by Gasteiger charge is 2.22. The van der Waals surface area contributed by atoms with Crippen LogP contribution in [0.25, 0.3) is 0 Å². The molecule has 0 saturated heterocycles. The Morgan fingerprint density at radius 2 is 1.95 bits per heavy atom. The van der Waals surface area contributed by atoms with Gasteiger partial charge in [-0.2, -0.15) is 0 Å². The number of nitrogens with zero attached hydrogens (tertiary/aromatic N) is 1. The Hall–Kier alpha value is -0.860. The molecule has 20 heavy (non-hydrogen) atoms. The molecule has 112 valence electrons. The molecule has 2 heteroatoms. The van der Waals surface area contributed by atoms with E-state index in [1.807, 2.05) is 7.05 Å². The lowest BCUT2D eigenvalue weighted by molar-refractivity contribution is 0.157. The van der Waals surface area contributed by atoms with E-state index in [1.165, 1.54) is 36.8 Å². The number of hydrogen-bond donors (Lipinski definition) is 1. The highest BCUT2D eigenvalue weighted by Crippen LogP contribution is 2.27. The molecule has 0 radical (unpaired) electrons. The van der Waals surface area contributed by atoms with E-state index in [1.54, 1.807) is 0 Å². The van der Waals surface area contributed by atoms with Crippen LogP contribution in [-0.2, 0) is 13.0 Å². The fourth-order valence-corrected chi connectivity index (χ4v) is 3.42. The van der Waals surface area contributed by atoms with E-state index in [2.05, 4.69) is 48.5 Å². The van der Waals surface area contributed by atoms with Gasteiger partial charge in [0.1, 0.15) is 0 Å². The molecule has 2 unspecified atom stereocenters. The van der Waals surface area contributed by atoms with Crippen LogP contribution >= 0.6 is 0 Å². The third-order valence-corrected chi connectivity index (χ3v) is 4.71. The fraction of sp³-hybridized carbons (Fsp3) is 0.667. The first-order chi connectivity index (χ1) is 9.70. The van der Waals surface area contributed by atoms with Crippen molar-refractivity contribution >= 4 is 0 Å². The first kappa shape index (κ1) is 15.5. The lowest BCUT2D eigenvalue weighted by atomic mass is 9.86. The SMILES string of the molecule is CNCCc1ccccc1CN(C)C1CCCC(C)C1. The molecule has 0 heterocycles. The number of likely N-dealkylation sites (N-methyl/N-ethyl adjacent to an activating group) is 1. The topological polar surface area (TPSA) is 15.3 Å². The second-order valence-corrected chi connectivity index (χ2v) is 6.46. The summed E-state index contributed by atoms with van der Waals surface area (Å²) >= 11 is 0. The number of rotatable bonds is 6. The van der Waals surface area contributed by atoms with Crippen molar-refractivity contribution in [3.05, 3.63) is 35.4 Å². The molecule has 1 fully saturated rings. The largest absolute Gasteiger partial charge is 0.319 e. The Morgan fingerprint density at radius 1 is 1.20 bits per heavy atom. The molecule has 1 aliphatic rings. The summed E-state index contributed by atoms with van der Waals surface area (Å²) in [5, 5.41) is 3.25. The summed E-state index contributed by atoms with van der Waals surface area (Å²) in [6, 6.07) is 9.70. The summed E-state index contributed by atoms with van der Waals surface area (Å²) in [4.78, 5) is 2.58. The van der Waals surface area contributed by atoms with Gasteiger partial charge in [0.05, 0.1) is 0 Å². The Kier molecular flexibility index (Phi) is 6.06. The molecule has 2 rings (SSSR count). The summed E-state index contributed by atoms with van der Waals surface area (Å²) in [5.41, 5.74) is 3.00. The molecule has 0 bridgehead atoms. The molecular formula is C18H30N2. The van der Waals surface area contributed by atoms with Gasteiger partial charge in [0.2, 0.25) is 0 Å². The van der Waals surface area contributed by atoms with Gasteiger partial charge in [-0.25, -0.2) is 0 Å². The summed E-state index contributed by atoms with van der Waals surface area (Å²) in [6.45, 7) is 4.55. The zero-order valence-corrected chi connectivity index (χ0v) is 13.4. The Labute approximate surface area is 124 Å². The van der Waals surface area contributed by atoms with Crippen LogP contribution in [0.15, 0.2) is 24.3 Å². The van der Waals surface area contributed by atoms with Gasteiger partial charge in [-0.15, -0.1) is 0 Å². The van der Waals surface area contributed by atoms with Gasteiger partial charge in [-0.3, -0.25) is 4.90 Å². The summed E-state index contributed by atoms with van der Waals surface area (Å²) in [5.74, 6) is 0.899. The van der Waals surface area contributed by atoms with Crippen LogP contribution in [0.3, 0.4) is 0 Å². The summed E-state index contributed by atoms with van der Waals surface area (Å²) in [6.07, 6.45) is 6.69. The molecule has 1 N–H and O–H groups in total.